The van der Waals surface area contributed by atoms with Crippen molar-refractivity contribution in [1.82, 2.24) is 15.0 Å². The van der Waals surface area contributed by atoms with Crippen LogP contribution < -0.4 is 10.6 Å². The summed E-state index contributed by atoms with van der Waals surface area (Å²) in [5.41, 5.74) is 2.92. The molecule has 0 bridgehead atoms. The number of aromatic amines is 1. The highest BCUT2D eigenvalue weighted by Gasteiger charge is 2.44. The maximum atomic E-state index is 12.5. The highest BCUT2D eigenvalue weighted by molar-refractivity contribution is 6.30. The van der Waals surface area contributed by atoms with Gasteiger partial charge in [-0.25, -0.2) is 9.97 Å². The minimum absolute atomic E-state index is 0.00690. The third-order valence-electron chi connectivity index (χ3n) is 4.65. The van der Waals surface area contributed by atoms with E-state index < -0.39 is 0 Å². The van der Waals surface area contributed by atoms with Gasteiger partial charge in [-0.1, -0.05) is 23.7 Å². The molecule has 1 amide bonds. The Hall–Kier alpha value is -2.86. The molecule has 138 valence electrons. The number of pyridine rings is 1. The fraction of sp³-hybridized carbons (Fsp3) is 0.250. The summed E-state index contributed by atoms with van der Waals surface area (Å²) in [4.78, 5) is 24.2. The minimum atomic E-state index is -0.0334. The standard InChI is InChI=1S/C20H20ClN5O/c1-12-23-10-16(25-12)11-24-15-5-6-22-19(8-15)26-20(27)18-9-17(18)13-3-2-4-14(21)7-13/h2-8,10,17-18H,9,11H2,1H3,(H,23,25)(H2,22,24,26,27)/t17-,18+/m1/s1. The molecular formula is C20H20ClN5O. The number of nitrogens with zero attached hydrogens (tertiary/aromatic N) is 2. The first-order valence-corrected chi connectivity index (χ1v) is 9.23. The van der Waals surface area contributed by atoms with Crippen LogP contribution in [0.2, 0.25) is 5.02 Å². The predicted molar refractivity (Wildman–Crippen MR) is 106 cm³/mol. The molecule has 6 nitrogen and oxygen atoms in total. The number of H-pyrrole nitrogens is 1. The van der Waals surface area contributed by atoms with Crippen LogP contribution >= 0.6 is 11.6 Å². The number of anilines is 2. The Balaban J connectivity index is 1.35. The van der Waals surface area contributed by atoms with Gasteiger partial charge < -0.3 is 15.6 Å². The summed E-state index contributed by atoms with van der Waals surface area (Å²) < 4.78 is 0. The summed E-state index contributed by atoms with van der Waals surface area (Å²) >= 11 is 6.04. The normalized spacial score (nSPS) is 18.1. The maximum absolute atomic E-state index is 12.5. The molecule has 1 aliphatic rings. The molecule has 4 rings (SSSR count). The van der Waals surface area contributed by atoms with Crippen molar-refractivity contribution < 1.29 is 4.79 Å². The molecule has 0 aliphatic heterocycles. The number of carbonyl (C=O) groups excluding carboxylic acids is 1. The number of nitrogens with one attached hydrogen (secondary N) is 3. The SMILES string of the molecule is Cc1nc(CNc2ccnc(NC(=O)[C@H]3C[C@@H]3c3cccc(Cl)c3)c2)c[nH]1. The molecular weight excluding hydrogens is 362 g/mol. The van der Waals surface area contributed by atoms with E-state index in [0.717, 1.165) is 29.2 Å². The smallest absolute Gasteiger partial charge is 0.229 e. The third-order valence-corrected chi connectivity index (χ3v) is 4.88. The molecule has 1 fully saturated rings. The van der Waals surface area contributed by atoms with Gasteiger partial charge in [0.15, 0.2) is 0 Å². The first-order chi connectivity index (χ1) is 13.1. The summed E-state index contributed by atoms with van der Waals surface area (Å²) in [6, 6.07) is 11.4. The van der Waals surface area contributed by atoms with Crippen LogP contribution in [-0.2, 0) is 11.3 Å². The molecule has 27 heavy (non-hydrogen) atoms. The number of imidazole rings is 1. The van der Waals surface area contributed by atoms with Gasteiger partial charge in [-0.15, -0.1) is 0 Å². The van der Waals surface area contributed by atoms with E-state index in [9.17, 15) is 4.79 Å². The Morgan fingerprint density at radius 3 is 3.00 bits per heavy atom. The number of aryl methyl sites for hydroxylation is 1. The lowest BCUT2D eigenvalue weighted by atomic mass is 10.1. The molecule has 3 aromatic rings. The van der Waals surface area contributed by atoms with E-state index in [1.165, 1.54) is 0 Å². The second kappa shape index (κ2) is 7.40. The van der Waals surface area contributed by atoms with Crippen LogP contribution in [0.5, 0.6) is 0 Å². The van der Waals surface area contributed by atoms with E-state index in [1.54, 1.807) is 6.20 Å². The number of halogens is 1. The predicted octanol–water partition coefficient (Wildman–Crippen LogP) is 4.12. The average Bonchev–Trinajstić information content (AvgIpc) is 3.36. The van der Waals surface area contributed by atoms with E-state index in [2.05, 4.69) is 25.6 Å². The van der Waals surface area contributed by atoms with E-state index in [4.69, 9.17) is 11.6 Å². The second-order valence-corrected chi connectivity index (χ2v) is 7.19. The van der Waals surface area contributed by atoms with Gasteiger partial charge in [0, 0.05) is 35.1 Å². The van der Waals surface area contributed by atoms with E-state index in [0.29, 0.717) is 17.4 Å². The zero-order valence-corrected chi connectivity index (χ0v) is 15.6. The van der Waals surface area contributed by atoms with Crippen LogP contribution in [0, 0.1) is 12.8 Å². The molecule has 0 spiro atoms. The minimum Gasteiger partial charge on any atom is -0.379 e. The van der Waals surface area contributed by atoms with Crippen molar-refractivity contribution >= 4 is 29.0 Å². The van der Waals surface area contributed by atoms with Gasteiger partial charge in [-0.3, -0.25) is 4.79 Å². The van der Waals surface area contributed by atoms with Crippen molar-refractivity contribution in [2.75, 3.05) is 10.6 Å². The second-order valence-electron chi connectivity index (χ2n) is 6.75. The first-order valence-electron chi connectivity index (χ1n) is 8.85. The number of rotatable bonds is 6. The lowest BCUT2D eigenvalue weighted by molar-refractivity contribution is -0.117. The van der Waals surface area contributed by atoms with Gasteiger partial charge >= 0.3 is 0 Å². The molecule has 1 aromatic carbocycles. The van der Waals surface area contributed by atoms with Crippen LogP contribution in [0.4, 0.5) is 11.5 Å². The van der Waals surface area contributed by atoms with Crippen molar-refractivity contribution in [2.24, 2.45) is 5.92 Å². The number of aromatic nitrogens is 3. The first kappa shape index (κ1) is 17.5. The molecule has 0 radical (unpaired) electrons. The molecule has 3 N–H and O–H groups in total. The molecule has 7 heteroatoms. The van der Waals surface area contributed by atoms with Crippen LogP contribution in [0.1, 0.15) is 29.4 Å². The highest BCUT2D eigenvalue weighted by atomic mass is 35.5. The van der Waals surface area contributed by atoms with E-state index >= 15 is 0 Å². The number of hydrogen-bond donors (Lipinski definition) is 3. The van der Waals surface area contributed by atoms with Crippen molar-refractivity contribution in [1.29, 1.82) is 0 Å². The van der Waals surface area contributed by atoms with E-state index in [1.807, 2.05) is 49.5 Å². The number of carbonyl (C=O) groups is 1. The van der Waals surface area contributed by atoms with Crippen molar-refractivity contribution in [3.8, 4) is 0 Å². The Labute approximate surface area is 162 Å². The average molecular weight is 382 g/mol. The van der Waals surface area contributed by atoms with Gasteiger partial charge in [-0.05, 0) is 43.0 Å². The fourth-order valence-corrected chi connectivity index (χ4v) is 3.37. The van der Waals surface area contributed by atoms with Crippen molar-refractivity contribution in [3.05, 3.63) is 70.9 Å². The fourth-order valence-electron chi connectivity index (χ4n) is 3.17. The Morgan fingerprint density at radius 2 is 2.22 bits per heavy atom. The number of benzene rings is 1. The van der Waals surface area contributed by atoms with Gasteiger partial charge in [0.05, 0.1) is 12.2 Å². The van der Waals surface area contributed by atoms with Crippen LogP contribution in [-0.4, -0.2) is 20.9 Å². The monoisotopic (exact) mass is 381 g/mol. The van der Waals surface area contributed by atoms with Crippen LogP contribution in [0.15, 0.2) is 48.8 Å². The van der Waals surface area contributed by atoms with Gasteiger partial charge in [0.2, 0.25) is 5.91 Å². The molecule has 2 heterocycles. The maximum Gasteiger partial charge on any atom is 0.229 e. The molecule has 1 saturated carbocycles. The quantitative estimate of drug-likeness (QED) is 0.599. The number of hydrogen-bond acceptors (Lipinski definition) is 4. The number of amides is 1. The topological polar surface area (TPSA) is 82.7 Å². The molecule has 1 aliphatic carbocycles. The third kappa shape index (κ3) is 4.28. The Kier molecular flexibility index (Phi) is 4.81. The van der Waals surface area contributed by atoms with Crippen molar-refractivity contribution in [3.63, 3.8) is 0 Å². The van der Waals surface area contributed by atoms with Crippen molar-refractivity contribution in [2.45, 2.75) is 25.8 Å². The summed E-state index contributed by atoms with van der Waals surface area (Å²) in [6.07, 6.45) is 4.38. The molecule has 0 saturated heterocycles. The summed E-state index contributed by atoms with van der Waals surface area (Å²) in [6.45, 7) is 2.51. The lowest BCUT2D eigenvalue weighted by Gasteiger charge is -2.08. The van der Waals surface area contributed by atoms with Gasteiger partial charge in [-0.2, -0.15) is 0 Å². The largest absolute Gasteiger partial charge is 0.379 e. The molecule has 2 aromatic heterocycles. The zero-order chi connectivity index (χ0) is 18.8. The lowest BCUT2D eigenvalue weighted by Crippen LogP contribution is -2.15. The van der Waals surface area contributed by atoms with Gasteiger partial charge in [0.1, 0.15) is 11.6 Å². The zero-order valence-electron chi connectivity index (χ0n) is 14.9. The summed E-state index contributed by atoms with van der Waals surface area (Å²) in [7, 11) is 0. The summed E-state index contributed by atoms with van der Waals surface area (Å²) in [5.74, 6) is 1.61. The van der Waals surface area contributed by atoms with Gasteiger partial charge in [0.25, 0.3) is 0 Å². The molecule has 2 atom stereocenters. The summed E-state index contributed by atoms with van der Waals surface area (Å²) in [5, 5.41) is 6.90. The Morgan fingerprint density at radius 1 is 1.33 bits per heavy atom. The molecule has 0 unspecified atom stereocenters. The van der Waals surface area contributed by atoms with Crippen LogP contribution in [0.3, 0.4) is 0 Å². The Bertz CT molecular complexity index is 970. The highest BCUT2D eigenvalue weighted by Crippen LogP contribution is 2.48. The van der Waals surface area contributed by atoms with Crippen LogP contribution in [0.25, 0.3) is 0 Å². The van der Waals surface area contributed by atoms with E-state index in [-0.39, 0.29) is 17.7 Å².